The summed E-state index contributed by atoms with van der Waals surface area (Å²) in [5.41, 5.74) is 2.75. The summed E-state index contributed by atoms with van der Waals surface area (Å²) in [7, 11) is -2.19. The van der Waals surface area contributed by atoms with Crippen molar-refractivity contribution in [1.29, 1.82) is 0 Å². The van der Waals surface area contributed by atoms with E-state index in [0.29, 0.717) is 12.3 Å². The van der Waals surface area contributed by atoms with Gasteiger partial charge in [-0.05, 0) is 49.1 Å². The first-order valence-electron chi connectivity index (χ1n) is 7.40. The third kappa shape index (κ3) is 2.85. The van der Waals surface area contributed by atoms with Crippen molar-refractivity contribution in [3.63, 3.8) is 0 Å². The number of fused-ring (bicyclic) bond motifs is 1. The molecule has 0 atom stereocenters. The molecule has 2 aromatic rings. The Balaban J connectivity index is 2.16. The van der Waals surface area contributed by atoms with Gasteiger partial charge in [-0.15, -0.1) is 0 Å². The van der Waals surface area contributed by atoms with Gasteiger partial charge in [-0.1, -0.05) is 34.1 Å². The molecule has 4 nitrogen and oxygen atoms in total. The highest BCUT2D eigenvalue weighted by Gasteiger charge is 2.31. The molecule has 0 unspecified atom stereocenters. The number of anilines is 1. The Morgan fingerprint density at radius 3 is 2.70 bits per heavy atom. The predicted octanol–water partition coefficient (Wildman–Crippen LogP) is 3.91. The second-order valence-electron chi connectivity index (χ2n) is 5.56. The monoisotopic (exact) mass is 395 g/mol. The van der Waals surface area contributed by atoms with E-state index in [9.17, 15) is 8.42 Å². The summed E-state index contributed by atoms with van der Waals surface area (Å²) < 4.78 is 34.0. The summed E-state index contributed by atoms with van der Waals surface area (Å²) in [6, 6.07) is 11.0. The van der Waals surface area contributed by atoms with Crippen LogP contribution >= 0.6 is 15.9 Å². The molecule has 0 fully saturated rings. The van der Waals surface area contributed by atoms with Crippen molar-refractivity contribution in [1.82, 2.24) is 0 Å². The Kier molecular flexibility index (Phi) is 4.38. The maximum absolute atomic E-state index is 13.2. The quantitative estimate of drug-likeness (QED) is 0.791. The highest BCUT2D eigenvalue weighted by atomic mass is 79.9. The van der Waals surface area contributed by atoms with Gasteiger partial charge in [0.2, 0.25) is 0 Å². The fraction of sp³-hybridized carbons (Fsp3) is 0.294. The molecule has 1 heterocycles. The largest absolute Gasteiger partial charge is 0.495 e. The van der Waals surface area contributed by atoms with Gasteiger partial charge >= 0.3 is 0 Å². The second-order valence-corrected chi connectivity index (χ2v) is 8.25. The van der Waals surface area contributed by atoms with Crippen molar-refractivity contribution in [2.75, 3.05) is 18.0 Å². The standard InChI is InChI=1S/C17H18BrNO3S/c1-12-10-16(22-2)17(11-14(12)18)23(20,21)19-9-5-7-13-6-3-4-8-15(13)19/h3-4,6,8,10-11H,5,7,9H2,1-2H3. The average Bonchev–Trinajstić information content (AvgIpc) is 2.56. The first kappa shape index (κ1) is 16.3. The molecule has 0 aliphatic carbocycles. The Morgan fingerprint density at radius 2 is 1.96 bits per heavy atom. The van der Waals surface area contributed by atoms with Crippen LogP contribution in [0.15, 0.2) is 45.8 Å². The number of aryl methyl sites for hydroxylation is 2. The van der Waals surface area contributed by atoms with Gasteiger partial charge in [0.25, 0.3) is 10.0 Å². The highest BCUT2D eigenvalue weighted by molar-refractivity contribution is 9.10. The Labute approximate surface area is 145 Å². The Bertz CT molecular complexity index is 849. The van der Waals surface area contributed by atoms with Crippen molar-refractivity contribution >= 4 is 31.6 Å². The van der Waals surface area contributed by atoms with Gasteiger partial charge in [0.05, 0.1) is 12.8 Å². The second kappa shape index (κ2) is 6.17. The lowest BCUT2D eigenvalue weighted by atomic mass is 10.0. The Hall–Kier alpha value is -1.53. The number of ether oxygens (including phenoxy) is 1. The number of nitrogens with zero attached hydrogens (tertiary/aromatic N) is 1. The lowest BCUT2D eigenvalue weighted by Gasteiger charge is -2.31. The maximum atomic E-state index is 13.2. The van der Waals surface area contributed by atoms with Crippen LogP contribution in [0.25, 0.3) is 0 Å². The fourth-order valence-electron chi connectivity index (χ4n) is 2.87. The van der Waals surface area contributed by atoms with E-state index in [-0.39, 0.29) is 4.90 Å². The van der Waals surface area contributed by atoms with Crippen molar-refractivity contribution in [3.05, 3.63) is 52.0 Å². The van der Waals surface area contributed by atoms with E-state index in [0.717, 1.165) is 34.1 Å². The zero-order valence-corrected chi connectivity index (χ0v) is 15.4. The summed E-state index contributed by atoms with van der Waals surface area (Å²) in [6.45, 7) is 2.38. The molecule has 0 aromatic heterocycles. The fourth-order valence-corrected chi connectivity index (χ4v) is 5.07. The van der Waals surface area contributed by atoms with E-state index in [1.807, 2.05) is 31.2 Å². The number of sulfonamides is 1. The molecule has 3 rings (SSSR count). The van der Waals surface area contributed by atoms with Gasteiger partial charge in [0.1, 0.15) is 10.6 Å². The highest BCUT2D eigenvalue weighted by Crippen LogP contribution is 2.37. The molecule has 0 saturated heterocycles. The summed E-state index contributed by atoms with van der Waals surface area (Å²) in [5.74, 6) is 0.369. The molecule has 1 aliphatic heterocycles. The molecule has 1 aliphatic rings. The minimum atomic E-state index is -3.68. The van der Waals surface area contributed by atoms with Crippen LogP contribution in [0.4, 0.5) is 5.69 Å². The van der Waals surface area contributed by atoms with Crippen LogP contribution in [0.2, 0.25) is 0 Å². The van der Waals surface area contributed by atoms with Gasteiger partial charge in [-0.2, -0.15) is 0 Å². The van der Waals surface area contributed by atoms with Gasteiger partial charge in [-0.3, -0.25) is 4.31 Å². The lowest BCUT2D eigenvalue weighted by molar-refractivity contribution is 0.402. The zero-order chi connectivity index (χ0) is 16.6. The van der Waals surface area contributed by atoms with Crippen LogP contribution in [-0.4, -0.2) is 22.1 Å². The Morgan fingerprint density at radius 1 is 1.22 bits per heavy atom. The van der Waals surface area contributed by atoms with Gasteiger partial charge in [0, 0.05) is 11.0 Å². The normalized spacial score (nSPS) is 14.5. The van der Waals surface area contributed by atoms with E-state index in [1.165, 1.54) is 11.4 Å². The average molecular weight is 396 g/mol. The molecular weight excluding hydrogens is 378 g/mol. The molecule has 6 heteroatoms. The van der Waals surface area contributed by atoms with Gasteiger partial charge in [0.15, 0.2) is 0 Å². The van der Waals surface area contributed by atoms with Crippen LogP contribution in [0.3, 0.4) is 0 Å². The topological polar surface area (TPSA) is 46.6 Å². The molecule has 0 radical (unpaired) electrons. The van der Waals surface area contributed by atoms with Crippen LogP contribution in [0.1, 0.15) is 17.5 Å². The van der Waals surface area contributed by atoms with Crippen molar-refractivity contribution in [2.24, 2.45) is 0 Å². The summed E-state index contributed by atoms with van der Waals surface area (Å²) in [5, 5.41) is 0. The minimum absolute atomic E-state index is 0.189. The maximum Gasteiger partial charge on any atom is 0.268 e. The third-order valence-electron chi connectivity index (χ3n) is 4.08. The summed E-state index contributed by atoms with van der Waals surface area (Å²) in [4.78, 5) is 0.189. The smallest absolute Gasteiger partial charge is 0.268 e. The predicted molar refractivity (Wildman–Crippen MR) is 94.7 cm³/mol. The number of hydrogen-bond acceptors (Lipinski definition) is 3. The zero-order valence-electron chi connectivity index (χ0n) is 13.0. The molecule has 0 saturated carbocycles. The minimum Gasteiger partial charge on any atom is -0.495 e. The third-order valence-corrected chi connectivity index (χ3v) is 6.77. The lowest BCUT2D eigenvalue weighted by Crippen LogP contribution is -2.35. The van der Waals surface area contributed by atoms with Crippen molar-refractivity contribution in [2.45, 2.75) is 24.7 Å². The van der Waals surface area contributed by atoms with Crippen LogP contribution in [0, 0.1) is 6.92 Å². The number of hydrogen-bond donors (Lipinski definition) is 0. The van der Waals surface area contributed by atoms with E-state index in [4.69, 9.17) is 4.74 Å². The molecule has 2 aromatic carbocycles. The first-order valence-corrected chi connectivity index (χ1v) is 9.63. The summed E-state index contributed by atoms with van der Waals surface area (Å²) >= 11 is 3.42. The van der Waals surface area contributed by atoms with Crippen molar-refractivity contribution < 1.29 is 13.2 Å². The molecule has 0 bridgehead atoms. The van der Waals surface area contributed by atoms with Crippen molar-refractivity contribution in [3.8, 4) is 5.75 Å². The number of para-hydroxylation sites is 1. The first-order chi connectivity index (χ1) is 10.9. The molecule has 122 valence electrons. The number of methoxy groups -OCH3 is 1. The molecule has 0 spiro atoms. The van der Waals surface area contributed by atoms with Gasteiger partial charge in [-0.25, -0.2) is 8.42 Å². The SMILES string of the molecule is COc1cc(C)c(Br)cc1S(=O)(=O)N1CCCc2ccccc21. The molecule has 23 heavy (non-hydrogen) atoms. The van der Waals surface area contributed by atoms with Gasteiger partial charge < -0.3 is 4.74 Å². The number of rotatable bonds is 3. The number of benzene rings is 2. The molecular formula is C17H18BrNO3S. The van der Waals surface area contributed by atoms with Crippen LogP contribution < -0.4 is 9.04 Å². The summed E-state index contributed by atoms with van der Waals surface area (Å²) in [6.07, 6.45) is 1.71. The van der Waals surface area contributed by atoms with E-state index >= 15 is 0 Å². The van der Waals surface area contributed by atoms with E-state index in [1.54, 1.807) is 12.1 Å². The number of halogens is 1. The van der Waals surface area contributed by atoms with Crippen LogP contribution in [0.5, 0.6) is 5.75 Å². The molecule has 0 N–H and O–H groups in total. The van der Waals surface area contributed by atoms with Crippen LogP contribution in [-0.2, 0) is 16.4 Å². The molecule has 0 amide bonds. The van der Waals surface area contributed by atoms with E-state index in [2.05, 4.69) is 15.9 Å². The van der Waals surface area contributed by atoms with E-state index < -0.39 is 10.0 Å².